The van der Waals surface area contributed by atoms with Gasteiger partial charge in [0.1, 0.15) is 4.21 Å². The summed E-state index contributed by atoms with van der Waals surface area (Å²) in [6, 6.07) is 12.1. The maximum Gasteiger partial charge on any atom is 0.204 e. The molecule has 1 N–H and O–H groups in total. The highest BCUT2D eigenvalue weighted by Crippen LogP contribution is 2.32. The van der Waals surface area contributed by atoms with Crippen LogP contribution < -0.4 is 0 Å². The van der Waals surface area contributed by atoms with Crippen LogP contribution in [-0.4, -0.2) is 34.2 Å². The van der Waals surface area contributed by atoms with Crippen molar-refractivity contribution in [2.45, 2.75) is 9.96 Å². The largest absolute Gasteiger partial charge is 0.355 e. The first-order valence-electron chi connectivity index (χ1n) is 7.18. The summed E-state index contributed by atoms with van der Waals surface area (Å²) in [5.74, 6) is 0.850. The molecule has 126 valence electrons. The zero-order valence-corrected chi connectivity index (χ0v) is 14.3. The molecule has 0 amide bonds. The second-order valence-corrected chi connectivity index (χ2v) is 8.49. The van der Waals surface area contributed by atoms with Gasteiger partial charge in [-0.3, -0.25) is 0 Å². The minimum absolute atomic E-state index is 0.116. The van der Waals surface area contributed by atoms with Crippen molar-refractivity contribution >= 4 is 21.2 Å². The van der Waals surface area contributed by atoms with Crippen LogP contribution >= 0.6 is 11.3 Å². The number of sulfone groups is 1. The van der Waals surface area contributed by atoms with E-state index in [1.165, 1.54) is 6.20 Å². The normalized spacial score (nSPS) is 11.7. The summed E-state index contributed by atoms with van der Waals surface area (Å²) in [6.07, 6.45) is 1.52. The zero-order chi connectivity index (χ0) is 17.3. The van der Waals surface area contributed by atoms with Crippen LogP contribution in [0.2, 0.25) is 0 Å². The first kappa shape index (κ1) is 15.7. The third-order valence-electron chi connectivity index (χ3n) is 3.46. The molecule has 0 fully saturated rings. The van der Waals surface area contributed by atoms with Gasteiger partial charge in [0.25, 0.3) is 0 Å². The number of hydrogen-bond donors (Lipinski definition) is 1. The number of nitrogens with zero attached hydrogens (tertiary/aromatic N) is 4. The van der Waals surface area contributed by atoms with Crippen molar-refractivity contribution in [2.24, 2.45) is 0 Å². The topological polar surface area (TPSA) is 115 Å². The molecule has 1 aromatic carbocycles. The third-order valence-corrected chi connectivity index (χ3v) is 6.82. The number of hydrogen-bond acceptors (Lipinski definition) is 8. The molecule has 0 saturated carbocycles. The number of thiophene rings is 1. The number of benzene rings is 1. The molecule has 10 heteroatoms. The number of nitrogens with one attached hydrogen (secondary N) is 1. The smallest absolute Gasteiger partial charge is 0.204 e. The van der Waals surface area contributed by atoms with Gasteiger partial charge in [-0.2, -0.15) is 5.21 Å². The molecule has 0 saturated heterocycles. The second-order valence-electron chi connectivity index (χ2n) is 5.19. The molecule has 0 atom stereocenters. The number of aromatic amines is 1. The number of H-pyrrole nitrogens is 1. The van der Waals surface area contributed by atoms with E-state index < -0.39 is 9.84 Å². The van der Waals surface area contributed by atoms with Crippen molar-refractivity contribution in [1.82, 2.24) is 25.8 Å². The number of aromatic nitrogens is 5. The number of rotatable bonds is 5. The van der Waals surface area contributed by atoms with E-state index in [0.29, 0.717) is 22.7 Å². The van der Waals surface area contributed by atoms with E-state index >= 15 is 0 Å². The summed E-state index contributed by atoms with van der Waals surface area (Å²) >= 11 is 1.16. The van der Waals surface area contributed by atoms with E-state index in [1.54, 1.807) is 42.5 Å². The lowest BCUT2D eigenvalue weighted by atomic mass is 10.1. The van der Waals surface area contributed by atoms with Gasteiger partial charge >= 0.3 is 0 Å². The molecule has 0 radical (unpaired) electrons. The summed E-state index contributed by atoms with van der Waals surface area (Å²) in [5.41, 5.74) is 1.35. The van der Waals surface area contributed by atoms with Crippen LogP contribution in [0.1, 0.15) is 5.56 Å². The van der Waals surface area contributed by atoms with Gasteiger partial charge in [-0.15, -0.1) is 21.5 Å². The summed E-state index contributed by atoms with van der Waals surface area (Å²) < 4.78 is 30.7. The van der Waals surface area contributed by atoms with Crippen molar-refractivity contribution in [3.8, 4) is 22.0 Å². The van der Waals surface area contributed by atoms with E-state index in [0.717, 1.165) is 16.2 Å². The molecular weight excluding hydrogens is 362 g/mol. The van der Waals surface area contributed by atoms with Gasteiger partial charge in [0.2, 0.25) is 5.82 Å². The van der Waals surface area contributed by atoms with Crippen molar-refractivity contribution < 1.29 is 12.9 Å². The molecule has 4 aromatic rings. The van der Waals surface area contributed by atoms with E-state index in [-0.39, 0.29) is 9.96 Å². The van der Waals surface area contributed by atoms with Crippen molar-refractivity contribution in [1.29, 1.82) is 0 Å². The number of tetrazole rings is 1. The third kappa shape index (κ3) is 3.21. The molecule has 0 aliphatic carbocycles. The maximum atomic E-state index is 12.7. The molecule has 0 aliphatic rings. The molecule has 8 nitrogen and oxygen atoms in total. The molecule has 0 spiro atoms. The van der Waals surface area contributed by atoms with Crippen LogP contribution in [0, 0.1) is 0 Å². The Kier molecular flexibility index (Phi) is 3.90. The first-order chi connectivity index (χ1) is 12.1. The zero-order valence-electron chi connectivity index (χ0n) is 12.7. The summed E-state index contributed by atoms with van der Waals surface area (Å²) in [7, 11) is -3.48. The summed E-state index contributed by atoms with van der Waals surface area (Å²) in [5, 5.41) is 17.3. The average Bonchev–Trinajstić information content (AvgIpc) is 3.35. The Morgan fingerprint density at radius 2 is 2.08 bits per heavy atom. The predicted octanol–water partition coefficient (Wildman–Crippen LogP) is 2.56. The quantitative estimate of drug-likeness (QED) is 0.571. The highest BCUT2D eigenvalue weighted by Gasteiger charge is 2.20. The summed E-state index contributed by atoms with van der Waals surface area (Å²) in [4.78, 5) is 0.719. The van der Waals surface area contributed by atoms with Gasteiger partial charge < -0.3 is 4.52 Å². The van der Waals surface area contributed by atoms with Crippen LogP contribution in [0.4, 0.5) is 0 Å². The monoisotopic (exact) mass is 373 g/mol. The fourth-order valence-corrected chi connectivity index (χ4v) is 5.02. The molecule has 0 aliphatic heterocycles. The molecule has 0 bridgehead atoms. The molecule has 25 heavy (non-hydrogen) atoms. The van der Waals surface area contributed by atoms with E-state index in [9.17, 15) is 8.42 Å². The standard InChI is InChI=1S/C15H11N5O3S2/c21-25(22,14-5-4-13(24-14)12-6-7-16-23-12)9-10-2-1-3-11(8-10)15-17-19-20-18-15/h1-8H,9H2,(H,17,18,19,20). The Bertz CT molecular complexity index is 1090. The Morgan fingerprint density at radius 3 is 2.84 bits per heavy atom. The van der Waals surface area contributed by atoms with Crippen molar-refractivity contribution in [3.63, 3.8) is 0 Å². The SMILES string of the molecule is O=S(=O)(Cc1cccc(-c2nn[nH]n2)c1)c1ccc(-c2ccno2)s1. The van der Waals surface area contributed by atoms with E-state index in [4.69, 9.17) is 4.52 Å². The Balaban J connectivity index is 1.61. The van der Waals surface area contributed by atoms with Crippen molar-refractivity contribution in [3.05, 3.63) is 54.2 Å². The van der Waals surface area contributed by atoms with Gasteiger partial charge in [0.15, 0.2) is 15.6 Å². The van der Waals surface area contributed by atoms with Gasteiger partial charge in [0.05, 0.1) is 16.8 Å². The fraction of sp³-hybridized carbons (Fsp3) is 0.0667. The van der Waals surface area contributed by atoms with Gasteiger partial charge in [-0.05, 0) is 29.0 Å². The van der Waals surface area contributed by atoms with E-state index in [1.807, 2.05) is 0 Å². The predicted molar refractivity (Wildman–Crippen MR) is 90.3 cm³/mol. The lowest BCUT2D eigenvalue weighted by molar-refractivity contribution is 0.433. The van der Waals surface area contributed by atoms with Crippen LogP contribution in [-0.2, 0) is 15.6 Å². The molecule has 4 rings (SSSR count). The van der Waals surface area contributed by atoms with Crippen molar-refractivity contribution in [2.75, 3.05) is 0 Å². The van der Waals surface area contributed by atoms with E-state index in [2.05, 4.69) is 25.8 Å². The van der Waals surface area contributed by atoms with Crippen LogP contribution in [0.5, 0.6) is 0 Å². The molecule has 0 unspecified atom stereocenters. The minimum Gasteiger partial charge on any atom is -0.355 e. The molecule has 3 heterocycles. The Labute approximate surface area is 146 Å². The lowest BCUT2D eigenvalue weighted by Gasteiger charge is -2.03. The second kappa shape index (κ2) is 6.22. The van der Waals surface area contributed by atoms with Gasteiger partial charge in [0, 0.05) is 11.6 Å². The first-order valence-corrected chi connectivity index (χ1v) is 9.65. The Hall–Kier alpha value is -2.85. The maximum absolute atomic E-state index is 12.7. The summed E-state index contributed by atoms with van der Waals surface area (Å²) in [6.45, 7) is 0. The fourth-order valence-electron chi connectivity index (χ4n) is 2.34. The van der Waals surface area contributed by atoms with Gasteiger partial charge in [-0.25, -0.2) is 8.42 Å². The Morgan fingerprint density at radius 1 is 1.16 bits per heavy atom. The van der Waals surface area contributed by atoms with Crippen LogP contribution in [0.15, 0.2) is 57.4 Å². The lowest BCUT2D eigenvalue weighted by Crippen LogP contribution is -2.03. The average molecular weight is 373 g/mol. The highest BCUT2D eigenvalue weighted by molar-refractivity contribution is 7.92. The van der Waals surface area contributed by atoms with Crippen LogP contribution in [0.25, 0.3) is 22.0 Å². The molecule has 3 aromatic heterocycles. The van der Waals surface area contributed by atoms with Gasteiger partial charge in [-0.1, -0.05) is 23.4 Å². The van der Waals surface area contributed by atoms with Crippen LogP contribution in [0.3, 0.4) is 0 Å². The minimum atomic E-state index is -3.48. The highest BCUT2D eigenvalue weighted by atomic mass is 32.2. The molecular formula is C15H11N5O3S2.